The molecule has 1 saturated heterocycles. The van der Waals surface area contributed by atoms with Crippen LogP contribution in [0.2, 0.25) is 0 Å². The molecule has 1 aliphatic rings. The van der Waals surface area contributed by atoms with Crippen molar-refractivity contribution in [3.63, 3.8) is 0 Å². The van der Waals surface area contributed by atoms with Crippen molar-refractivity contribution in [1.29, 1.82) is 5.26 Å². The van der Waals surface area contributed by atoms with Gasteiger partial charge in [0.2, 0.25) is 0 Å². The van der Waals surface area contributed by atoms with E-state index in [2.05, 4.69) is 29.9 Å². The summed E-state index contributed by atoms with van der Waals surface area (Å²) in [5.74, 6) is 1.30. The number of hydrogen-bond acceptors (Lipinski definition) is 4. The Morgan fingerprint density at radius 3 is 2.44 bits per heavy atom. The number of anilines is 2. The quantitative estimate of drug-likeness (QED) is 0.886. The molecule has 1 aromatic rings. The van der Waals surface area contributed by atoms with Crippen LogP contribution in [-0.2, 0) is 0 Å². The maximum absolute atomic E-state index is 9.29. The van der Waals surface area contributed by atoms with Crippen LogP contribution in [0.3, 0.4) is 0 Å². The molecule has 0 radical (unpaired) electrons. The molecule has 0 bridgehead atoms. The maximum Gasteiger partial charge on any atom is 0.170 e. The van der Waals surface area contributed by atoms with E-state index in [0.717, 1.165) is 31.7 Å². The number of nitrogen functional groups attached to an aromatic ring is 1. The molecule has 2 N–H and O–H groups in total. The van der Waals surface area contributed by atoms with Crippen LogP contribution in [0, 0.1) is 11.3 Å². The number of nitrogens with two attached hydrogens (primary N) is 1. The average Bonchev–Trinajstić information content (AvgIpc) is 2.99. The zero-order valence-electron chi connectivity index (χ0n) is 11.2. The second kappa shape index (κ2) is 5.30. The van der Waals surface area contributed by atoms with E-state index in [4.69, 9.17) is 5.73 Å². The third-order valence-electron chi connectivity index (χ3n) is 3.73. The summed E-state index contributed by atoms with van der Waals surface area (Å²) in [6.07, 6.45) is 4.30. The van der Waals surface area contributed by atoms with Gasteiger partial charge in [-0.25, -0.2) is 4.68 Å². The van der Waals surface area contributed by atoms with Crippen molar-refractivity contribution >= 4 is 11.6 Å². The van der Waals surface area contributed by atoms with Crippen molar-refractivity contribution in [2.24, 2.45) is 0 Å². The lowest BCUT2D eigenvalue weighted by Gasteiger charge is -2.16. The second-order valence-corrected chi connectivity index (χ2v) is 4.80. The van der Waals surface area contributed by atoms with E-state index in [9.17, 15) is 5.26 Å². The van der Waals surface area contributed by atoms with Crippen LogP contribution in [0.4, 0.5) is 11.6 Å². The predicted octanol–water partition coefficient (Wildman–Crippen LogP) is 2.30. The van der Waals surface area contributed by atoms with Gasteiger partial charge in [-0.2, -0.15) is 10.4 Å². The van der Waals surface area contributed by atoms with Gasteiger partial charge in [-0.3, -0.25) is 0 Å². The molecule has 1 fully saturated rings. The molecule has 0 atom stereocenters. The third kappa shape index (κ3) is 2.03. The largest absolute Gasteiger partial charge is 0.383 e. The summed E-state index contributed by atoms with van der Waals surface area (Å²) in [6.45, 7) is 6.20. The highest BCUT2D eigenvalue weighted by Gasteiger charge is 2.25. The number of rotatable bonds is 4. The summed E-state index contributed by atoms with van der Waals surface area (Å²) in [7, 11) is 0. The van der Waals surface area contributed by atoms with Crippen LogP contribution < -0.4 is 10.6 Å². The molecule has 5 nitrogen and oxygen atoms in total. The minimum Gasteiger partial charge on any atom is -0.383 e. The van der Waals surface area contributed by atoms with Crippen LogP contribution in [0.1, 0.15) is 51.1 Å². The summed E-state index contributed by atoms with van der Waals surface area (Å²) in [5.41, 5.74) is 6.63. The summed E-state index contributed by atoms with van der Waals surface area (Å²) >= 11 is 0. The zero-order chi connectivity index (χ0) is 13.1. The van der Waals surface area contributed by atoms with Crippen LogP contribution in [0.25, 0.3) is 0 Å². The molecule has 0 aromatic carbocycles. The second-order valence-electron chi connectivity index (χ2n) is 4.80. The molecular formula is C13H21N5. The van der Waals surface area contributed by atoms with Crippen molar-refractivity contribution < 1.29 is 0 Å². The Balaban J connectivity index is 2.41. The Morgan fingerprint density at radius 2 is 1.94 bits per heavy atom. The molecule has 0 unspecified atom stereocenters. The van der Waals surface area contributed by atoms with Crippen molar-refractivity contribution in [1.82, 2.24) is 9.78 Å². The SMILES string of the molecule is CCC(CC)n1nc(N2CCCC2)c(C#N)c1N. The summed E-state index contributed by atoms with van der Waals surface area (Å²) in [6, 6.07) is 2.50. The smallest absolute Gasteiger partial charge is 0.170 e. The van der Waals surface area contributed by atoms with E-state index in [1.54, 1.807) is 0 Å². The van der Waals surface area contributed by atoms with Crippen molar-refractivity contribution in [3.8, 4) is 6.07 Å². The monoisotopic (exact) mass is 247 g/mol. The van der Waals surface area contributed by atoms with Crippen LogP contribution in [0.5, 0.6) is 0 Å². The molecule has 2 rings (SSSR count). The molecule has 0 saturated carbocycles. The van der Waals surface area contributed by atoms with Gasteiger partial charge in [0, 0.05) is 13.1 Å². The molecule has 0 amide bonds. The van der Waals surface area contributed by atoms with Crippen LogP contribution >= 0.6 is 0 Å². The first-order valence-corrected chi connectivity index (χ1v) is 6.75. The molecule has 1 aliphatic heterocycles. The highest BCUT2D eigenvalue weighted by molar-refractivity contribution is 5.65. The topological polar surface area (TPSA) is 70.9 Å². The minimum atomic E-state index is 0.286. The normalized spacial score (nSPS) is 15.3. The van der Waals surface area contributed by atoms with E-state index in [1.165, 1.54) is 12.8 Å². The van der Waals surface area contributed by atoms with Gasteiger partial charge in [0.25, 0.3) is 0 Å². The van der Waals surface area contributed by atoms with Crippen molar-refractivity contribution in [2.75, 3.05) is 23.7 Å². The third-order valence-corrected chi connectivity index (χ3v) is 3.73. The summed E-state index contributed by atoms with van der Waals surface area (Å²) in [5, 5.41) is 13.9. The van der Waals surface area contributed by atoms with Gasteiger partial charge in [0.15, 0.2) is 5.82 Å². The minimum absolute atomic E-state index is 0.286. The van der Waals surface area contributed by atoms with Gasteiger partial charge in [0.05, 0.1) is 6.04 Å². The molecule has 5 heteroatoms. The first-order chi connectivity index (χ1) is 8.72. The average molecular weight is 247 g/mol. The Kier molecular flexibility index (Phi) is 3.75. The molecular weight excluding hydrogens is 226 g/mol. The van der Waals surface area contributed by atoms with Crippen molar-refractivity contribution in [2.45, 2.75) is 45.6 Å². The Labute approximate surface area is 108 Å². The standard InChI is InChI=1S/C13H21N5/c1-3-10(4-2)18-12(15)11(9-14)13(16-18)17-7-5-6-8-17/h10H,3-8,15H2,1-2H3. The van der Waals surface area contributed by atoms with Gasteiger partial charge < -0.3 is 10.6 Å². The first-order valence-electron chi connectivity index (χ1n) is 6.75. The lowest BCUT2D eigenvalue weighted by atomic mass is 10.2. The van der Waals surface area contributed by atoms with Gasteiger partial charge in [-0.15, -0.1) is 0 Å². The van der Waals surface area contributed by atoms with E-state index in [0.29, 0.717) is 11.4 Å². The van der Waals surface area contributed by atoms with Gasteiger partial charge >= 0.3 is 0 Å². The van der Waals surface area contributed by atoms with E-state index in [1.807, 2.05) is 4.68 Å². The lowest BCUT2D eigenvalue weighted by Crippen LogP contribution is -2.19. The Bertz CT molecular complexity index is 447. The van der Waals surface area contributed by atoms with Gasteiger partial charge in [-0.1, -0.05) is 13.8 Å². The Hall–Kier alpha value is -1.70. The highest BCUT2D eigenvalue weighted by Crippen LogP contribution is 2.30. The van der Waals surface area contributed by atoms with Crippen LogP contribution in [0.15, 0.2) is 0 Å². The summed E-state index contributed by atoms with van der Waals surface area (Å²) < 4.78 is 1.84. The fourth-order valence-electron chi connectivity index (χ4n) is 2.61. The van der Waals surface area contributed by atoms with Crippen molar-refractivity contribution in [3.05, 3.63) is 5.56 Å². The number of aromatic nitrogens is 2. The number of hydrogen-bond donors (Lipinski definition) is 1. The molecule has 18 heavy (non-hydrogen) atoms. The lowest BCUT2D eigenvalue weighted by molar-refractivity contribution is 0.434. The zero-order valence-corrected chi connectivity index (χ0v) is 11.2. The fourth-order valence-corrected chi connectivity index (χ4v) is 2.61. The van der Waals surface area contributed by atoms with E-state index < -0.39 is 0 Å². The molecule has 1 aromatic heterocycles. The molecule has 2 heterocycles. The van der Waals surface area contributed by atoms with Crippen LogP contribution in [-0.4, -0.2) is 22.9 Å². The highest BCUT2D eigenvalue weighted by atomic mass is 15.4. The molecule has 98 valence electrons. The van der Waals surface area contributed by atoms with E-state index >= 15 is 0 Å². The maximum atomic E-state index is 9.29. The molecule has 0 aliphatic carbocycles. The van der Waals surface area contributed by atoms with E-state index in [-0.39, 0.29) is 6.04 Å². The fraction of sp³-hybridized carbons (Fsp3) is 0.692. The number of nitriles is 1. The summed E-state index contributed by atoms with van der Waals surface area (Å²) in [4.78, 5) is 2.17. The predicted molar refractivity (Wildman–Crippen MR) is 72.4 cm³/mol. The number of nitrogens with zero attached hydrogens (tertiary/aromatic N) is 4. The molecule has 0 spiro atoms. The van der Waals surface area contributed by atoms with Gasteiger partial charge in [-0.05, 0) is 25.7 Å². The van der Waals surface area contributed by atoms with Gasteiger partial charge in [0.1, 0.15) is 17.5 Å². The Morgan fingerprint density at radius 1 is 1.33 bits per heavy atom. The first kappa shape index (κ1) is 12.7.